The molecule has 0 atom stereocenters. The van der Waals surface area contributed by atoms with Gasteiger partial charge in [0.2, 0.25) is 5.75 Å². The van der Waals surface area contributed by atoms with Crippen LogP contribution in [0.15, 0.2) is 16.0 Å². The highest BCUT2D eigenvalue weighted by atomic mass is 35.5. The van der Waals surface area contributed by atoms with Crippen LogP contribution in [0.25, 0.3) is 10.9 Å². The van der Waals surface area contributed by atoms with Crippen molar-refractivity contribution in [1.29, 1.82) is 0 Å². The molecule has 0 aliphatic carbocycles. The monoisotopic (exact) mass is 337 g/mol. The van der Waals surface area contributed by atoms with Gasteiger partial charge in [0.25, 0.3) is 11.2 Å². The third-order valence-corrected chi connectivity index (χ3v) is 3.13. The molecule has 116 valence electrons. The van der Waals surface area contributed by atoms with E-state index in [9.17, 15) is 38.1 Å². The number of benzene rings is 1. The van der Waals surface area contributed by atoms with Crippen LogP contribution in [0.2, 0.25) is 5.02 Å². The van der Waals surface area contributed by atoms with Crippen LogP contribution in [-0.2, 0) is 6.18 Å². The van der Waals surface area contributed by atoms with Crippen LogP contribution < -0.4 is 5.56 Å². The van der Waals surface area contributed by atoms with Gasteiger partial charge in [-0.05, 0) is 11.2 Å². The molecule has 2 aromatic rings. The Morgan fingerprint density at radius 2 is 2.00 bits per heavy atom. The number of halogens is 4. The first-order valence-electron chi connectivity index (χ1n) is 5.26. The second kappa shape index (κ2) is 4.94. The van der Waals surface area contributed by atoms with Gasteiger partial charge in [-0.15, -0.1) is 4.91 Å². The van der Waals surface area contributed by atoms with Crippen LogP contribution in [0.4, 0.5) is 24.5 Å². The first-order chi connectivity index (χ1) is 10.1. The standard InChI is InChI=1S/C10H3ClF3N3O5/c11-5-2(10(12,13)14)1-3-4(7(5)17(21)22)6(16-20)8(18)9(19)15-3/h1,18H,(H,15,19). The zero-order valence-corrected chi connectivity index (χ0v) is 10.8. The molecule has 22 heavy (non-hydrogen) atoms. The van der Waals surface area contributed by atoms with E-state index in [1.54, 1.807) is 4.98 Å². The largest absolute Gasteiger partial charge is 0.501 e. The number of nitroso groups, excluding NO2 is 1. The van der Waals surface area contributed by atoms with Crippen molar-refractivity contribution in [2.24, 2.45) is 5.18 Å². The second-order valence-electron chi connectivity index (χ2n) is 4.01. The van der Waals surface area contributed by atoms with Gasteiger partial charge in [-0.3, -0.25) is 14.9 Å². The van der Waals surface area contributed by atoms with Gasteiger partial charge in [0.05, 0.1) is 16.0 Å². The molecular formula is C10H3ClF3N3O5. The first kappa shape index (κ1) is 15.7. The lowest BCUT2D eigenvalue weighted by Gasteiger charge is -2.12. The summed E-state index contributed by atoms with van der Waals surface area (Å²) < 4.78 is 38.5. The number of H-pyrrole nitrogens is 1. The van der Waals surface area contributed by atoms with Gasteiger partial charge in [0, 0.05) is 0 Å². The quantitative estimate of drug-likeness (QED) is 0.494. The Morgan fingerprint density at radius 1 is 1.41 bits per heavy atom. The summed E-state index contributed by atoms with van der Waals surface area (Å²) in [5.41, 5.74) is -5.98. The molecule has 1 aromatic carbocycles. The molecule has 0 aliphatic heterocycles. The first-order valence-corrected chi connectivity index (χ1v) is 5.63. The average Bonchev–Trinajstić information content (AvgIpc) is 2.38. The van der Waals surface area contributed by atoms with Gasteiger partial charge in [-0.1, -0.05) is 11.6 Å². The molecule has 2 N–H and O–H groups in total. The Morgan fingerprint density at radius 3 is 2.45 bits per heavy atom. The molecular weight excluding hydrogens is 335 g/mol. The minimum absolute atomic E-state index is 0.320. The van der Waals surface area contributed by atoms with E-state index in [0.717, 1.165) is 0 Å². The molecule has 12 heteroatoms. The lowest BCUT2D eigenvalue weighted by Crippen LogP contribution is -2.11. The maximum atomic E-state index is 12.8. The maximum absolute atomic E-state index is 12.8. The minimum atomic E-state index is -5.04. The highest BCUT2D eigenvalue weighted by Crippen LogP contribution is 2.46. The highest BCUT2D eigenvalue weighted by molar-refractivity contribution is 6.35. The number of fused-ring (bicyclic) bond motifs is 1. The fourth-order valence-corrected chi connectivity index (χ4v) is 2.18. The number of nitrogens with one attached hydrogen (secondary N) is 1. The fourth-order valence-electron chi connectivity index (χ4n) is 1.86. The summed E-state index contributed by atoms with van der Waals surface area (Å²) in [6.45, 7) is 0. The SMILES string of the molecule is O=Nc1c(O)c(=O)[nH]c2cc(C(F)(F)F)c(Cl)c([N+](=O)[O-])c12. The predicted molar refractivity (Wildman–Crippen MR) is 68.4 cm³/mol. The van der Waals surface area contributed by atoms with Crippen molar-refractivity contribution < 1.29 is 23.2 Å². The molecule has 0 bridgehead atoms. The summed E-state index contributed by atoms with van der Waals surface area (Å²) in [5, 5.41) is 20.6. The number of nitrogens with zero attached hydrogens (tertiary/aromatic N) is 2. The van der Waals surface area contributed by atoms with Crippen molar-refractivity contribution in [2.45, 2.75) is 6.18 Å². The van der Waals surface area contributed by atoms with E-state index in [1.807, 2.05) is 0 Å². The molecule has 0 saturated heterocycles. The van der Waals surface area contributed by atoms with Crippen molar-refractivity contribution in [1.82, 2.24) is 4.98 Å². The van der Waals surface area contributed by atoms with Crippen LogP contribution in [-0.4, -0.2) is 15.0 Å². The second-order valence-corrected chi connectivity index (χ2v) is 4.38. The number of pyridine rings is 1. The molecule has 1 heterocycles. The molecule has 0 saturated carbocycles. The Labute approximate surface area is 122 Å². The summed E-state index contributed by atoms with van der Waals surface area (Å²) in [6.07, 6.45) is -5.04. The fraction of sp³-hybridized carbons (Fsp3) is 0.100. The van der Waals surface area contributed by atoms with Gasteiger partial charge in [-0.2, -0.15) is 13.2 Å². The average molecular weight is 338 g/mol. The van der Waals surface area contributed by atoms with E-state index in [-0.39, 0.29) is 0 Å². The number of aromatic amines is 1. The molecule has 0 unspecified atom stereocenters. The molecule has 0 spiro atoms. The van der Waals surface area contributed by atoms with Crippen LogP contribution in [0, 0.1) is 15.0 Å². The molecule has 0 radical (unpaired) electrons. The summed E-state index contributed by atoms with van der Waals surface area (Å²) >= 11 is 5.41. The number of alkyl halides is 3. The van der Waals surface area contributed by atoms with Gasteiger partial charge >= 0.3 is 6.18 Å². The smallest absolute Gasteiger partial charge is 0.418 e. The summed E-state index contributed by atoms with van der Waals surface area (Å²) in [6, 6.07) is 0.320. The Bertz CT molecular complexity index is 877. The maximum Gasteiger partial charge on any atom is 0.418 e. The van der Waals surface area contributed by atoms with Gasteiger partial charge in [-0.25, -0.2) is 0 Å². The van der Waals surface area contributed by atoms with Crippen LogP contribution in [0.5, 0.6) is 5.75 Å². The summed E-state index contributed by atoms with van der Waals surface area (Å²) in [7, 11) is 0. The van der Waals surface area contributed by atoms with Gasteiger partial charge in [0.1, 0.15) is 10.4 Å². The summed E-state index contributed by atoms with van der Waals surface area (Å²) in [5.74, 6) is -1.26. The van der Waals surface area contributed by atoms with Crippen molar-refractivity contribution in [3.05, 3.63) is 42.0 Å². The van der Waals surface area contributed by atoms with E-state index < -0.39 is 55.3 Å². The van der Waals surface area contributed by atoms with E-state index in [4.69, 9.17) is 11.6 Å². The lowest BCUT2D eigenvalue weighted by molar-refractivity contribution is -0.383. The number of hydrogen-bond acceptors (Lipinski definition) is 6. The Kier molecular flexibility index (Phi) is 3.53. The lowest BCUT2D eigenvalue weighted by atomic mass is 10.1. The van der Waals surface area contributed by atoms with Crippen LogP contribution in [0.3, 0.4) is 0 Å². The third-order valence-electron chi connectivity index (χ3n) is 2.74. The zero-order valence-electron chi connectivity index (χ0n) is 10.1. The highest BCUT2D eigenvalue weighted by Gasteiger charge is 2.39. The normalized spacial score (nSPS) is 11.6. The molecule has 0 amide bonds. The molecule has 8 nitrogen and oxygen atoms in total. The number of nitro groups is 1. The van der Waals surface area contributed by atoms with Gasteiger partial charge in [0.15, 0.2) is 5.69 Å². The van der Waals surface area contributed by atoms with E-state index >= 15 is 0 Å². The molecule has 0 aliphatic rings. The summed E-state index contributed by atoms with van der Waals surface area (Å²) in [4.78, 5) is 33.6. The molecule has 1 aromatic heterocycles. The number of aromatic hydroxyl groups is 1. The van der Waals surface area contributed by atoms with Crippen LogP contribution in [0.1, 0.15) is 5.56 Å². The van der Waals surface area contributed by atoms with E-state index in [2.05, 4.69) is 5.18 Å². The Balaban J connectivity index is 3.17. The van der Waals surface area contributed by atoms with Gasteiger partial charge < -0.3 is 10.1 Å². The molecule has 0 fully saturated rings. The third kappa shape index (κ3) is 2.24. The van der Waals surface area contributed by atoms with Crippen molar-refractivity contribution in [3.8, 4) is 5.75 Å². The number of rotatable bonds is 2. The van der Waals surface area contributed by atoms with Crippen molar-refractivity contribution in [3.63, 3.8) is 0 Å². The van der Waals surface area contributed by atoms with Crippen LogP contribution >= 0.6 is 11.6 Å². The minimum Gasteiger partial charge on any atom is -0.501 e. The topological polar surface area (TPSA) is 126 Å². The van der Waals surface area contributed by atoms with Crippen molar-refractivity contribution in [2.75, 3.05) is 0 Å². The number of nitro benzene ring substituents is 1. The number of hydrogen-bond donors (Lipinski definition) is 2. The van der Waals surface area contributed by atoms with E-state index in [0.29, 0.717) is 6.07 Å². The zero-order chi connectivity index (χ0) is 16.8. The number of aromatic nitrogens is 1. The van der Waals surface area contributed by atoms with Crippen molar-refractivity contribution >= 4 is 33.9 Å². The Hall–Kier alpha value is -2.69. The van der Waals surface area contributed by atoms with E-state index in [1.165, 1.54) is 0 Å². The predicted octanol–water partition coefficient (Wildman–Crippen LogP) is 3.21. The molecule has 2 rings (SSSR count).